The van der Waals surface area contributed by atoms with Crippen molar-refractivity contribution in [3.63, 3.8) is 0 Å². The molecule has 2 aliphatic heterocycles. The quantitative estimate of drug-likeness (QED) is 0.471. The molecule has 0 amide bonds. The number of nitrogens with two attached hydrogens (primary N) is 1. The minimum absolute atomic E-state index is 0. The van der Waals surface area contributed by atoms with E-state index in [1.807, 2.05) is 0 Å². The number of aromatic nitrogens is 3. The highest BCUT2D eigenvalue weighted by atomic mass is 127. The number of hydrogen-bond acceptors (Lipinski definition) is 3. The Morgan fingerprint density at radius 1 is 1.30 bits per heavy atom. The first-order valence-electron chi connectivity index (χ1n) is 7.20. The Morgan fingerprint density at radius 2 is 2.05 bits per heavy atom. The first-order chi connectivity index (χ1) is 9.24. The van der Waals surface area contributed by atoms with Gasteiger partial charge in [-0.05, 0) is 25.2 Å². The van der Waals surface area contributed by atoms with Gasteiger partial charge in [0.25, 0.3) is 0 Å². The van der Waals surface area contributed by atoms with Gasteiger partial charge in [-0.3, -0.25) is 0 Å². The standard InChI is InChI=1S/C13H22N6.HI/c1-10-4-7-18(8-5-10)13(14)15-9-12-17-16-11-3-2-6-19(11)12;/h10H,2-9H2,1H3,(H2,14,15);1H. The third-order valence-corrected chi connectivity index (χ3v) is 4.18. The van der Waals surface area contributed by atoms with Crippen molar-refractivity contribution in [2.45, 2.75) is 45.7 Å². The van der Waals surface area contributed by atoms with Crippen LogP contribution in [-0.4, -0.2) is 38.7 Å². The Morgan fingerprint density at radius 3 is 2.80 bits per heavy atom. The number of likely N-dealkylation sites (tertiary alicyclic amines) is 1. The average molecular weight is 390 g/mol. The zero-order valence-corrected chi connectivity index (χ0v) is 14.3. The molecule has 1 aromatic rings. The van der Waals surface area contributed by atoms with E-state index in [0.29, 0.717) is 12.5 Å². The maximum atomic E-state index is 6.07. The number of guanidine groups is 1. The summed E-state index contributed by atoms with van der Waals surface area (Å²) in [5.41, 5.74) is 6.07. The predicted molar refractivity (Wildman–Crippen MR) is 89.1 cm³/mol. The molecule has 0 aliphatic carbocycles. The summed E-state index contributed by atoms with van der Waals surface area (Å²) in [6.45, 7) is 5.91. The Hall–Kier alpha value is -0.860. The van der Waals surface area contributed by atoms with E-state index in [0.717, 1.165) is 43.6 Å². The van der Waals surface area contributed by atoms with E-state index in [1.54, 1.807) is 0 Å². The molecule has 3 rings (SSSR count). The highest BCUT2D eigenvalue weighted by Crippen LogP contribution is 2.16. The number of halogens is 1. The van der Waals surface area contributed by atoms with Crippen molar-refractivity contribution in [2.75, 3.05) is 13.1 Å². The zero-order chi connectivity index (χ0) is 13.2. The molecule has 112 valence electrons. The smallest absolute Gasteiger partial charge is 0.191 e. The van der Waals surface area contributed by atoms with Crippen LogP contribution in [0.5, 0.6) is 0 Å². The summed E-state index contributed by atoms with van der Waals surface area (Å²) in [6.07, 6.45) is 4.62. The Bertz CT molecular complexity index is 475. The molecule has 1 aromatic heterocycles. The average Bonchev–Trinajstić information content (AvgIpc) is 3.00. The van der Waals surface area contributed by atoms with Crippen molar-refractivity contribution in [3.05, 3.63) is 11.6 Å². The molecule has 0 aromatic carbocycles. The van der Waals surface area contributed by atoms with Gasteiger partial charge in [-0.1, -0.05) is 6.92 Å². The zero-order valence-electron chi connectivity index (χ0n) is 12.0. The largest absolute Gasteiger partial charge is 0.370 e. The van der Waals surface area contributed by atoms with Gasteiger partial charge >= 0.3 is 0 Å². The summed E-state index contributed by atoms with van der Waals surface area (Å²) in [5, 5.41) is 8.39. The third kappa shape index (κ3) is 3.24. The number of fused-ring (bicyclic) bond motifs is 1. The van der Waals surface area contributed by atoms with Gasteiger partial charge in [-0.2, -0.15) is 0 Å². The first kappa shape index (κ1) is 15.5. The molecule has 7 heteroatoms. The van der Waals surface area contributed by atoms with Gasteiger partial charge in [0.05, 0.1) is 0 Å². The van der Waals surface area contributed by atoms with Crippen molar-refractivity contribution in [1.29, 1.82) is 0 Å². The van der Waals surface area contributed by atoms with Crippen LogP contribution in [0, 0.1) is 5.92 Å². The summed E-state index contributed by atoms with van der Waals surface area (Å²) in [5.74, 6) is 3.50. The minimum Gasteiger partial charge on any atom is -0.370 e. The summed E-state index contributed by atoms with van der Waals surface area (Å²) in [6, 6.07) is 0. The number of aliphatic imine (C=N–C) groups is 1. The van der Waals surface area contributed by atoms with Crippen LogP contribution in [0.4, 0.5) is 0 Å². The Labute approximate surface area is 136 Å². The maximum Gasteiger partial charge on any atom is 0.191 e. The second kappa shape index (κ2) is 6.73. The number of rotatable bonds is 2. The fourth-order valence-corrected chi connectivity index (χ4v) is 2.82. The van der Waals surface area contributed by atoms with Crippen molar-refractivity contribution < 1.29 is 0 Å². The van der Waals surface area contributed by atoms with Crippen LogP contribution in [0.3, 0.4) is 0 Å². The van der Waals surface area contributed by atoms with E-state index in [2.05, 4.69) is 31.6 Å². The SMILES string of the molecule is CC1CCN(C(N)=NCc2nnc3n2CCC3)CC1.I. The van der Waals surface area contributed by atoms with E-state index in [1.165, 1.54) is 19.3 Å². The van der Waals surface area contributed by atoms with Gasteiger partial charge in [0, 0.05) is 26.1 Å². The lowest BCUT2D eigenvalue weighted by molar-refractivity contribution is 0.277. The molecule has 0 bridgehead atoms. The van der Waals surface area contributed by atoms with Crippen molar-refractivity contribution in [1.82, 2.24) is 19.7 Å². The lowest BCUT2D eigenvalue weighted by Gasteiger charge is -2.30. The van der Waals surface area contributed by atoms with Crippen LogP contribution in [0.25, 0.3) is 0 Å². The van der Waals surface area contributed by atoms with Crippen LogP contribution < -0.4 is 5.73 Å². The summed E-state index contributed by atoms with van der Waals surface area (Å²) < 4.78 is 2.18. The molecule has 0 saturated carbocycles. The molecule has 6 nitrogen and oxygen atoms in total. The normalized spacial score (nSPS) is 19.9. The van der Waals surface area contributed by atoms with Crippen molar-refractivity contribution in [2.24, 2.45) is 16.6 Å². The van der Waals surface area contributed by atoms with Gasteiger partial charge in [0.2, 0.25) is 0 Å². The molecule has 3 heterocycles. The van der Waals surface area contributed by atoms with Crippen LogP contribution in [-0.2, 0) is 19.5 Å². The highest BCUT2D eigenvalue weighted by molar-refractivity contribution is 14.0. The molecule has 2 aliphatic rings. The number of nitrogens with zero attached hydrogens (tertiary/aromatic N) is 5. The van der Waals surface area contributed by atoms with E-state index in [4.69, 9.17) is 5.73 Å². The van der Waals surface area contributed by atoms with Gasteiger partial charge in [-0.25, -0.2) is 4.99 Å². The molecule has 0 atom stereocenters. The summed E-state index contributed by atoms with van der Waals surface area (Å²) in [7, 11) is 0. The van der Waals surface area contributed by atoms with E-state index in [-0.39, 0.29) is 24.0 Å². The van der Waals surface area contributed by atoms with Crippen molar-refractivity contribution >= 4 is 29.9 Å². The molecular formula is C13H23IN6. The molecule has 20 heavy (non-hydrogen) atoms. The number of hydrogen-bond donors (Lipinski definition) is 1. The minimum atomic E-state index is 0. The van der Waals surface area contributed by atoms with E-state index >= 15 is 0 Å². The number of aryl methyl sites for hydroxylation is 1. The Kier molecular flexibility index (Phi) is 5.22. The van der Waals surface area contributed by atoms with Gasteiger partial charge in [0.15, 0.2) is 11.8 Å². The third-order valence-electron chi connectivity index (χ3n) is 4.18. The second-order valence-electron chi connectivity index (χ2n) is 5.63. The van der Waals surface area contributed by atoms with E-state index in [9.17, 15) is 0 Å². The lowest BCUT2D eigenvalue weighted by Crippen LogP contribution is -2.42. The lowest BCUT2D eigenvalue weighted by atomic mass is 10.00. The van der Waals surface area contributed by atoms with Gasteiger partial charge < -0.3 is 15.2 Å². The van der Waals surface area contributed by atoms with Gasteiger partial charge in [-0.15, -0.1) is 34.2 Å². The molecule has 1 fully saturated rings. The van der Waals surface area contributed by atoms with Crippen LogP contribution in [0.2, 0.25) is 0 Å². The van der Waals surface area contributed by atoms with E-state index < -0.39 is 0 Å². The molecule has 0 unspecified atom stereocenters. The molecule has 1 saturated heterocycles. The molecule has 0 radical (unpaired) electrons. The fraction of sp³-hybridized carbons (Fsp3) is 0.769. The van der Waals surface area contributed by atoms with Gasteiger partial charge in [0.1, 0.15) is 12.4 Å². The Balaban J connectivity index is 0.00000147. The predicted octanol–water partition coefficient (Wildman–Crippen LogP) is 1.39. The van der Waals surface area contributed by atoms with Crippen LogP contribution >= 0.6 is 24.0 Å². The molecular weight excluding hydrogens is 367 g/mol. The fourth-order valence-electron chi connectivity index (χ4n) is 2.82. The molecule has 0 spiro atoms. The summed E-state index contributed by atoms with van der Waals surface area (Å²) in [4.78, 5) is 6.67. The second-order valence-corrected chi connectivity index (χ2v) is 5.63. The summed E-state index contributed by atoms with van der Waals surface area (Å²) >= 11 is 0. The van der Waals surface area contributed by atoms with Crippen molar-refractivity contribution in [3.8, 4) is 0 Å². The monoisotopic (exact) mass is 390 g/mol. The van der Waals surface area contributed by atoms with Crippen LogP contribution in [0.15, 0.2) is 4.99 Å². The maximum absolute atomic E-state index is 6.07. The topological polar surface area (TPSA) is 72.3 Å². The highest BCUT2D eigenvalue weighted by Gasteiger charge is 2.19. The number of piperidine rings is 1. The molecule has 2 N–H and O–H groups in total. The van der Waals surface area contributed by atoms with Crippen LogP contribution in [0.1, 0.15) is 37.8 Å². The first-order valence-corrected chi connectivity index (χ1v) is 7.20.